The fourth-order valence-electron chi connectivity index (χ4n) is 1.33. The van der Waals surface area contributed by atoms with Crippen molar-refractivity contribution in [3.05, 3.63) is 48.6 Å². The Morgan fingerprint density at radius 2 is 2.08 bits per heavy atom. The van der Waals surface area contributed by atoms with E-state index in [1.54, 1.807) is 7.11 Å². The van der Waals surface area contributed by atoms with Gasteiger partial charge in [0, 0.05) is 7.11 Å². The SMILES string of the molecule is C=CC[C@@H](Cc1ccccc1)OC. The number of ether oxygens (including phenoxy) is 1. The van der Waals surface area contributed by atoms with E-state index < -0.39 is 0 Å². The van der Waals surface area contributed by atoms with E-state index in [-0.39, 0.29) is 6.10 Å². The fourth-order valence-corrected chi connectivity index (χ4v) is 1.33. The molecule has 1 aromatic carbocycles. The molecule has 0 saturated carbocycles. The van der Waals surface area contributed by atoms with Gasteiger partial charge in [0.15, 0.2) is 0 Å². The summed E-state index contributed by atoms with van der Waals surface area (Å²) in [4.78, 5) is 0. The number of methoxy groups -OCH3 is 1. The number of rotatable bonds is 5. The van der Waals surface area contributed by atoms with Gasteiger partial charge in [0.1, 0.15) is 0 Å². The lowest BCUT2D eigenvalue weighted by Crippen LogP contribution is -2.12. The molecular formula is C12H16O. The Bertz CT molecular complexity index is 241. The van der Waals surface area contributed by atoms with Gasteiger partial charge in [0.05, 0.1) is 6.10 Å². The molecule has 0 fully saturated rings. The highest BCUT2D eigenvalue weighted by Gasteiger charge is 2.05. The van der Waals surface area contributed by atoms with E-state index in [0.717, 1.165) is 12.8 Å². The third-order valence-electron chi connectivity index (χ3n) is 2.07. The van der Waals surface area contributed by atoms with E-state index in [1.807, 2.05) is 12.1 Å². The summed E-state index contributed by atoms with van der Waals surface area (Å²) in [5, 5.41) is 0. The maximum absolute atomic E-state index is 5.32. The molecule has 0 radical (unpaired) electrons. The van der Waals surface area contributed by atoms with E-state index in [2.05, 4.69) is 30.8 Å². The van der Waals surface area contributed by atoms with Crippen molar-refractivity contribution in [1.29, 1.82) is 0 Å². The summed E-state index contributed by atoms with van der Waals surface area (Å²) in [7, 11) is 1.75. The summed E-state index contributed by atoms with van der Waals surface area (Å²) in [6, 6.07) is 10.4. The van der Waals surface area contributed by atoms with Crippen LogP contribution in [0, 0.1) is 0 Å². The Hall–Kier alpha value is -1.08. The second-order valence-electron chi connectivity index (χ2n) is 3.07. The van der Waals surface area contributed by atoms with Crippen molar-refractivity contribution >= 4 is 0 Å². The molecule has 1 heteroatoms. The topological polar surface area (TPSA) is 9.23 Å². The van der Waals surface area contributed by atoms with Gasteiger partial charge >= 0.3 is 0 Å². The second-order valence-corrected chi connectivity index (χ2v) is 3.07. The maximum atomic E-state index is 5.32. The zero-order chi connectivity index (χ0) is 9.52. The quantitative estimate of drug-likeness (QED) is 0.627. The molecule has 0 saturated heterocycles. The van der Waals surface area contributed by atoms with Crippen molar-refractivity contribution in [2.24, 2.45) is 0 Å². The smallest absolute Gasteiger partial charge is 0.0645 e. The zero-order valence-electron chi connectivity index (χ0n) is 8.07. The van der Waals surface area contributed by atoms with Gasteiger partial charge in [-0.25, -0.2) is 0 Å². The van der Waals surface area contributed by atoms with Crippen LogP contribution >= 0.6 is 0 Å². The molecule has 0 heterocycles. The predicted molar refractivity (Wildman–Crippen MR) is 55.8 cm³/mol. The van der Waals surface area contributed by atoms with E-state index in [0.29, 0.717) is 0 Å². The van der Waals surface area contributed by atoms with Crippen molar-refractivity contribution < 1.29 is 4.74 Å². The average Bonchev–Trinajstić information content (AvgIpc) is 2.19. The number of hydrogen-bond acceptors (Lipinski definition) is 1. The first kappa shape index (κ1) is 10.0. The van der Waals surface area contributed by atoms with Crippen molar-refractivity contribution in [2.45, 2.75) is 18.9 Å². The fraction of sp³-hybridized carbons (Fsp3) is 0.333. The lowest BCUT2D eigenvalue weighted by atomic mass is 10.1. The van der Waals surface area contributed by atoms with Crippen molar-refractivity contribution in [3.63, 3.8) is 0 Å². The van der Waals surface area contributed by atoms with E-state index in [4.69, 9.17) is 4.74 Å². The summed E-state index contributed by atoms with van der Waals surface area (Å²) in [5.41, 5.74) is 1.32. The Morgan fingerprint density at radius 1 is 1.38 bits per heavy atom. The molecule has 1 atom stereocenters. The van der Waals surface area contributed by atoms with E-state index in [9.17, 15) is 0 Å². The maximum Gasteiger partial charge on any atom is 0.0645 e. The van der Waals surface area contributed by atoms with Crippen LogP contribution in [0.15, 0.2) is 43.0 Å². The molecule has 0 aromatic heterocycles. The minimum absolute atomic E-state index is 0.264. The molecule has 1 rings (SSSR count). The molecule has 0 bridgehead atoms. The molecule has 0 amide bonds. The lowest BCUT2D eigenvalue weighted by Gasteiger charge is -2.12. The molecule has 0 aliphatic rings. The largest absolute Gasteiger partial charge is 0.381 e. The molecule has 13 heavy (non-hydrogen) atoms. The van der Waals surface area contributed by atoms with Gasteiger partial charge in [-0.2, -0.15) is 0 Å². The monoisotopic (exact) mass is 176 g/mol. The first-order valence-electron chi connectivity index (χ1n) is 4.54. The van der Waals surface area contributed by atoms with Crippen LogP contribution in [-0.2, 0) is 11.2 Å². The van der Waals surface area contributed by atoms with Gasteiger partial charge < -0.3 is 4.74 Å². The Labute approximate surface area is 80.0 Å². The predicted octanol–water partition coefficient (Wildman–Crippen LogP) is 2.82. The van der Waals surface area contributed by atoms with Crippen LogP contribution in [0.25, 0.3) is 0 Å². The second kappa shape index (κ2) is 5.55. The molecule has 70 valence electrons. The van der Waals surface area contributed by atoms with E-state index >= 15 is 0 Å². The zero-order valence-corrected chi connectivity index (χ0v) is 8.07. The molecule has 0 spiro atoms. The van der Waals surface area contributed by atoms with Gasteiger partial charge in [0.2, 0.25) is 0 Å². The first-order chi connectivity index (χ1) is 6.36. The number of hydrogen-bond donors (Lipinski definition) is 0. The highest BCUT2D eigenvalue weighted by molar-refractivity contribution is 5.15. The minimum atomic E-state index is 0.264. The highest BCUT2D eigenvalue weighted by atomic mass is 16.5. The van der Waals surface area contributed by atoms with Crippen LogP contribution in [-0.4, -0.2) is 13.2 Å². The summed E-state index contributed by atoms with van der Waals surface area (Å²) in [6.07, 6.45) is 4.03. The van der Waals surface area contributed by atoms with Crippen LogP contribution in [0.1, 0.15) is 12.0 Å². The normalized spacial score (nSPS) is 12.4. The van der Waals surface area contributed by atoms with Crippen molar-refractivity contribution in [1.82, 2.24) is 0 Å². The third-order valence-corrected chi connectivity index (χ3v) is 2.07. The third kappa shape index (κ3) is 3.43. The average molecular weight is 176 g/mol. The molecule has 0 N–H and O–H groups in total. The summed E-state index contributed by atoms with van der Waals surface area (Å²) >= 11 is 0. The van der Waals surface area contributed by atoms with Crippen LogP contribution < -0.4 is 0 Å². The minimum Gasteiger partial charge on any atom is -0.381 e. The highest BCUT2D eigenvalue weighted by Crippen LogP contribution is 2.08. The van der Waals surface area contributed by atoms with Crippen LogP contribution in [0.4, 0.5) is 0 Å². The molecule has 0 unspecified atom stereocenters. The lowest BCUT2D eigenvalue weighted by molar-refractivity contribution is 0.106. The standard InChI is InChI=1S/C12H16O/c1-3-7-12(13-2)10-11-8-5-4-6-9-11/h3-6,8-9,12H,1,7,10H2,2H3/t12-/m0/s1. The van der Waals surface area contributed by atoms with Gasteiger partial charge in [-0.1, -0.05) is 36.4 Å². The molecular weight excluding hydrogens is 160 g/mol. The van der Waals surface area contributed by atoms with Crippen LogP contribution in [0.5, 0.6) is 0 Å². The first-order valence-corrected chi connectivity index (χ1v) is 4.54. The molecule has 0 aliphatic carbocycles. The Kier molecular flexibility index (Phi) is 4.27. The molecule has 1 nitrogen and oxygen atoms in total. The summed E-state index contributed by atoms with van der Waals surface area (Å²) < 4.78 is 5.32. The Morgan fingerprint density at radius 3 is 2.62 bits per heavy atom. The summed E-state index contributed by atoms with van der Waals surface area (Å²) in [6.45, 7) is 3.71. The van der Waals surface area contributed by atoms with Crippen molar-refractivity contribution in [2.75, 3.05) is 7.11 Å². The van der Waals surface area contributed by atoms with Gasteiger partial charge in [-0.3, -0.25) is 0 Å². The molecule has 0 aliphatic heterocycles. The molecule has 1 aromatic rings. The van der Waals surface area contributed by atoms with Gasteiger partial charge in [-0.15, -0.1) is 6.58 Å². The van der Waals surface area contributed by atoms with Crippen LogP contribution in [0.2, 0.25) is 0 Å². The van der Waals surface area contributed by atoms with Gasteiger partial charge in [0.25, 0.3) is 0 Å². The summed E-state index contributed by atoms with van der Waals surface area (Å²) in [5.74, 6) is 0. The Balaban J connectivity index is 2.51. The number of benzene rings is 1. The van der Waals surface area contributed by atoms with Crippen LogP contribution in [0.3, 0.4) is 0 Å². The van der Waals surface area contributed by atoms with Gasteiger partial charge in [-0.05, 0) is 18.4 Å². The van der Waals surface area contributed by atoms with E-state index in [1.165, 1.54) is 5.56 Å². The van der Waals surface area contributed by atoms with Crippen molar-refractivity contribution in [3.8, 4) is 0 Å².